The van der Waals surface area contributed by atoms with Gasteiger partial charge in [-0.2, -0.15) is 0 Å². The molecule has 11 heavy (non-hydrogen) atoms. The van der Waals surface area contributed by atoms with Crippen molar-refractivity contribution < 1.29 is 13.2 Å². The predicted molar refractivity (Wildman–Crippen MR) is 34.5 cm³/mol. The fourth-order valence-corrected chi connectivity index (χ4v) is 0.722. The summed E-state index contributed by atoms with van der Waals surface area (Å²) < 4.78 is 37.2. The molecule has 1 unspecified atom stereocenters. The average Bonchev–Trinajstić information content (AvgIpc) is 1.86. The third kappa shape index (κ3) is 2.00. The molecular weight excluding hydrogens is 155 g/mol. The van der Waals surface area contributed by atoms with Gasteiger partial charge >= 0.3 is 0 Å². The van der Waals surface area contributed by atoms with Crippen LogP contribution in [-0.2, 0) is 0 Å². The summed E-state index contributed by atoms with van der Waals surface area (Å²) in [6, 6.07) is -1.28. The van der Waals surface area contributed by atoms with Crippen LogP contribution in [0.25, 0.3) is 0 Å². The Balaban J connectivity index is 2.71. The molecule has 1 rings (SSSR count). The Hall–Kier alpha value is -0.930. The fourth-order valence-electron chi connectivity index (χ4n) is 0.722. The van der Waals surface area contributed by atoms with Crippen molar-refractivity contribution >= 4 is 0 Å². The van der Waals surface area contributed by atoms with Gasteiger partial charge in [-0.1, -0.05) is 0 Å². The molecule has 0 aromatic carbocycles. The minimum atomic E-state index is -2.96. The van der Waals surface area contributed by atoms with Crippen molar-refractivity contribution in [3.63, 3.8) is 0 Å². The molecule has 1 heterocycles. The standard InChI is InChI=1S/C7H7F3N/c1-7(9,10)6-4-5(8)2-3-11-6/h2,4,6,11H,1H3. The van der Waals surface area contributed by atoms with Gasteiger partial charge in [-0.05, 0) is 12.2 Å². The van der Waals surface area contributed by atoms with Crippen LogP contribution in [0.1, 0.15) is 6.92 Å². The third-order valence-corrected chi connectivity index (χ3v) is 1.32. The van der Waals surface area contributed by atoms with Crippen molar-refractivity contribution in [3.05, 3.63) is 24.2 Å². The van der Waals surface area contributed by atoms with Crippen molar-refractivity contribution in [1.82, 2.24) is 5.32 Å². The van der Waals surface area contributed by atoms with Crippen molar-refractivity contribution in [3.8, 4) is 0 Å². The predicted octanol–water partition coefficient (Wildman–Crippen LogP) is 1.78. The molecule has 0 amide bonds. The summed E-state index contributed by atoms with van der Waals surface area (Å²) in [6.07, 6.45) is 4.00. The highest BCUT2D eigenvalue weighted by Crippen LogP contribution is 2.21. The van der Waals surface area contributed by atoms with E-state index in [4.69, 9.17) is 0 Å². The van der Waals surface area contributed by atoms with Gasteiger partial charge in [-0.25, -0.2) is 13.2 Å². The van der Waals surface area contributed by atoms with Crippen LogP contribution in [0.15, 0.2) is 18.0 Å². The molecule has 4 heteroatoms. The smallest absolute Gasteiger partial charge is 0.268 e. The van der Waals surface area contributed by atoms with E-state index in [0.717, 1.165) is 19.1 Å². The van der Waals surface area contributed by atoms with Gasteiger partial charge < -0.3 is 5.32 Å². The average molecular weight is 162 g/mol. The van der Waals surface area contributed by atoms with E-state index in [2.05, 4.69) is 11.5 Å². The summed E-state index contributed by atoms with van der Waals surface area (Å²) in [4.78, 5) is 0. The van der Waals surface area contributed by atoms with Crippen molar-refractivity contribution in [1.29, 1.82) is 0 Å². The van der Waals surface area contributed by atoms with Crippen LogP contribution in [0.5, 0.6) is 0 Å². The third-order valence-electron chi connectivity index (χ3n) is 1.32. The lowest BCUT2D eigenvalue weighted by Crippen LogP contribution is -2.40. The molecule has 0 spiro atoms. The largest absolute Gasteiger partial charge is 0.371 e. The molecule has 0 saturated carbocycles. The maximum absolute atomic E-state index is 12.5. The van der Waals surface area contributed by atoms with Crippen LogP contribution < -0.4 is 5.32 Å². The summed E-state index contributed by atoms with van der Waals surface area (Å²) >= 11 is 0. The minimum absolute atomic E-state index is 0.685. The summed E-state index contributed by atoms with van der Waals surface area (Å²) in [5.74, 6) is -3.64. The highest BCUT2D eigenvalue weighted by Gasteiger charge is 2.33. The second-order valence-electron chi connectivity index (χ2n) is 2.42. The molecular formula is C7H7F3N. The zero-order valence-electron chi connectivity index (χ0n) is 5.87. The van der Waals surface area contributed by atoms with Crippen LogP contribution in [0.3, 0.4) is 0 Å². The van der Waals surface area contributed by atoms with Crippen LogP contribution >= 0.6 is 0 Å². The van der Waals surface area contributed by atoms with Crippen LogP contribution in [0.4, 0.5) is 13.2 Å². The summed E-state index contributed by atoms with van der Waals surface area (Å²) in [5, 5.41) is 2.22. The van der Waals surface area contributed by atoms with E-state index in [-0.39, 0.29) is 0 Å². The number of alkyl halides is 2. The van der Waals surface area contributed by atoms with E-state index in [9.17, 15) is 13.2 Å². The van der Waals surface area contributed by atoms with Crippen LogP contribution in [0.2, 0.25) is 0 Å². The first-order valence-electron chi connectivity index (χ1n) is 3.09. The van der Waals surface area contributed by atoms with Gasteiger partial charge in [0.05, 0.1) is 6.20 Å². The Morgan fingerprint density at radius 2 is 2.27 bits per heavy atom. The van der Waals surface area contributed by atoms with Gasteiger partial charge in [-0.15, -0.1) is 0 Å². The van der Waals surface area contributed by atoms with Gasteiger partial charge in [0.15, 0.2) is 0 Å². The van der Waals surface area contributed by atoms with E-state index in [1.165, 1.54) is 0 Å². The van der Waals surface area contributed by atoms with Crippen LogP contribution in [-0.4, -0.2) is 12.0 Å². The Morgan fingerprint density at radius 1 is 1.64 bits per heavy atom. The zero-order chi connectivity index (χ0) is 8.48. The Labute approximate surface area is 62.6 Å². The Bertz CT molecular complexity index is 202. The Kier molecular flexibility index (Phi) is 1.93. The van der Waals surface area contributed by atoms with Gasteiger partial charge in [-0.3, -0.25) is 0 Å². The molecule has 61 valence electrons. The lowest BCUT2D eigenvalue weighted by Gasteiger charge is -2.22. The van der Waals surface area contributed by atoms with Gasteiger partial charge in [0, 0.05) is 6.92 Å². The molecule has 0 saturated heterocycles. The van der Waals surface area contributed by atoms with Gasteiger partial charge in [0.1, 0.15) is 11.9 Å². The van der Waals surface area contributed by atoms with E-state index in [0.29, 0.717) is 0 Å². The molecule has 1 atom stereocenters. The van der Waals surface area contributed by atoms with Crippen molar-refractivity contribution in [2.45, 2.75) is 18.9 Å². The molecule has 0 aromatic heterocycles. The summed E-state index contributed by atoms with van der Waals surface area (Å²) in [5.41, 5.74) is 0. The molecule has 1 radical (unpaired) electrons. The van der Waals surface area contributed by atoms with Gasteiger partial charge in [0.2, 0.25) is 0 Å². The first-order chi connectivity index (χ1) is 5.00. The zero-order valence-corrected chi connectivity index (χ0v) is 5.87. The highest BCUT2D eigenvalue weighted by molar-refractivity contribution is 5.18. The SMILES string of the molecule is CC(F)(F)C1C=C(F)C=[C]N1. The van der Waals surface area contributed by atoms with Crippen LogP contribution in [0, 0.1) is 6.20 Å². The fraction of sp³-hybridized carbons (Fsp3) is 0.429. The number of nitrogens with one attached hydrogen (secondary N) is 1. The molecule has 0 fully saturated rings. The molecule has 0 aliphatic carbocycles. The number of rotatable bonds is 1. The van der Waals surface area contributed by atoms with Gasteiger partial charge in [0.25, 0.3) is 5.92 Å². The Morgan fingerprint density at radius 3 is 2.64 bits per heavy atom. The lowest BCUT2D eigenvalue weighted by molar-refractivity contribution is -0.000243. The summed E-state index contributed by atoms with van der Waals surface area (Å²) in [7, 11) is 0. The number of allylic oxidation sites excluding steroid dienone is 2. The van der Waals surface area contributed by atoms with E-state index >= 15 is 0 Å². The number of dihydropyridines is 1. The second kappa shape index (κ2) is 2.60. The minimum Gasteiger partial charge on any atom is -0.371 e. The second-order valence-corrected chi connectivity index (χ2v) is 2.42. The first kappa shape index (κ1) is 8.17. The van der Waals surface area contributed by atoms with E-state index in [1.807, 2.05) is 0 Å². The summed E-state index contributed by atoms with van der Waals surface area (Å²) in [6.45, 7) is 0.724. The number of hydrogen-bond donors (Lipinski definition) is 1. The maximum Gasteiger partial charge on any atom is 0.268 e. The topological polar surface area (TPSA) is 12.0 Å². The molecule has 0 bridgehead atoms. The van der Waals surface area contributed by atoms with Crippen molar-refractivity contribution in [2.24, 2.45) is 0 Å². The molecule has 1 N–H and O–H groups in total. The molecule has 1 aliphatic rings. The quantitative estimate of drug-likeness (QED) is 0.619. The van der Waals surface area contributed by atoms with E-state index < -0.39 is 17.8 Å². The number of halogens is 3. The molecule has 1 nitrogen and oxygen atoms in total. The normalized spacial score (nSPS) is 24.4. The first-order valence-corrected chi connectivity index (χ1v) is 3.09. The molecule has 1 aliphatic heterocycles. The maximum atomic E-state index is 12.5. The monoisotopic (exact) mass is 162 g/mol. The molecule has 0 aromatic rings. The lowest BCUT2D eigenvalue weighted by atomic mass is 10.1. The van der Waals surface area contributed by atoms with E-state index in [1.54, 1.807) is 0 Å². The number of hydrogen-bond acceptors (Lipinski definition) is 1. The highest BCUT2D eigenvalue weighted by atomic mass is 19.3. The van der Waals surface area contributed by atoms with Crippen molar-refractivity contribution in [2.75, 3.05) is 0 Å².